The van der Waals surface area contributed by atoms with Crippen LogP contribution >= 0.6 is 0 Å². The van der Waals surface area contributed by atoms with E-state index < -0.39 is 0 Å². The van der Waals surface area contributed by atoms with Crippen molar-refractivity contribution in [2.75, 3.05) is 0 Å². The van der Waals surface area contributed by atoms with Crippen LogP contribution in [0.15, 0.2) is 24.3 Å². The van der Waals surface area contributed by atoms with Gasteiger partial charge in [-0.15, -0.1) is 0 Å². The Morgan fingerprint density at radius 3 is 1.91 bits per heavy atom. The van der Waals surface area contributed by atoms with Crippen molar-refractivity contribution in [2.24, 2.45) is 23.7 Å². The second kappa shape index (κ2) is 10.7. The lowest BCUT2D eigenvalue weighted by Gasteiger charge is -2.38. The van der Waals surface area contributed by atoms with Crippen LogP contribution in [0.25, 0.3) is 0 Å². The van der Waals surface area contributed by atoms with Gasteiger partial charge in [-0.05, 0) is 62.2 Å². The molecule has 0 aromatic rings. The van der Waals surface area contributed by atoms with Crippen LogP contribution in [0.2, 0.25) is 0 Å². The van der Waals surface area contributed by atoms with Crippen molar-refractivity contribution >= 4 is 0 Å². The molecule has 2 saturated carbocycles. The van der Waals surface area contributed by atoms with Gasteiger partial charge in [-0.25, -0.2) is 0 Å². The number of rotatable bonds is 7. The van der Waals surface area contributed by atoms with E-state index >= 15 is 0 Å². The molecule has 0 aromatic heterocycles. The van der Waals surface area contributed by atoms with E-state index in [0.29, 0.717) is 0 Å². The normalized spacial score (nSPS) is 32.3. The van der Waals surface area contributed by atoms with E-state index in [1.54, 1.807) is 0 Å². The minimum absolute atomic E-state index is 0.951. The summed E-state index contributed by atoms with van der Waals surface area (Å²) in [6.07, 6.45) is 24.9. The maximum Gasteiger partial charge on any atom is 0.0912 e. The Hall–Kier alpha value is -1.03. The van der Waals surface area contributed by atoms with E-state index in [2.05, 4.69) is 13.0 Å². The average molecular weight is 314 g/mol. The molecule has 23 heavy (non-hydrogen) atoms. The van der Waals surface area contributed by atoms with E-state index in [1.807, 2.05) is 18.2 Å². The summed E-state index contributed by atoms with van der Waals surface area (Å²) in [6.45, 7) is 2.34. The summed E-state index contributed by atoms with van der Waals surface area (Å²) >= 11 is 0. The largest absolute Gasteiger partial charge is 0.193 e. The third-order valence-corrected chi connectivity index (χ3v) is 6.31. The molecular weight excluding hydrogens is 278 g/mol. The smallest absolute Gasteiger partial charge is 0.0912 e. The summed E-state index contributed by atoms with van der Waals surface area (Å²) in [5.74, 6) is 4.10. The van der Waals surface area contributed by atoms with Crippen molar-refractivity contribution in [3.8, 4) is 6.07 Å². The van der Waals surface area contributed by atoms with Crippen LogP contribution in [-0.4, -0.2) is 0 Å². The Morgan fingerprint density at radius 1 is 0.826 bits per heavy atom. The molecule has 2 aliphatic rings. The van der Waals surface area contributed by atoms with Crippen molar-refractivity contribution in [3.63, 3.8) is 0 Å². The minimum Gasteiger partial charge on any atom is -0.193 e. The van der Waals surface area contributed by atoms with Gasteiger partial charge in [-0.3, -0.25) is 0 Å². The number of nitriles is 1. The number of hydrogen-bond acceptors (Lipinski definition) is 1. The molecule has 2 rings (SSSR count). The van der Waals surface area contributed by atoms with Crippen LogP contribution in [0.5, 0.6) is 0 Å². The molecule has 2 aliphatic carbocycles. The highest BCUT2D eigenvalue weighted by Crippen LogP contribution is 2.42. The lowest BCUT2D eigenvalue weighted by Crippen LogP contribution is -2.25. The molecule has 0 heterocycles. The Bertz CT molecular complexity index is 398. The lowest BCUT2D eigenvalue weighted by molar-refractivity contribution is 0.141. The molecule has 1 heteroatoms. The van der Waals surface area contributed by atoms with Crippen LogP contribution in [0.4, 0.5) is 0 Å². The molecule has 0 aliphatic heterocycles. The Balaban J connectivity index is 1.60. The third kappa shape index (κ3) is 6.54. The predicted molar refractivity (Wildman–Crippen MR) is 98.9 cm³/mol. The summed E-state index contributed by atoms with van der Waals surface area (Å²) in [5.41, 5.74) is 0. The van der Waals surface area contributed by atoms with Crippen LogP contribution in [0.1, 0.15) is 84.0 Å². The highest BCUT2D eigenvalue weighted by molar-refractivity contribution is 5.11. The van der Waals surface area contributed by atoms with Gasteiger partial charge in [0.15, 0.2) is 0 Å². The van der Waals surface area contributed by atoms with E-state index in [9.17, 15) is 0 Å². The van der Waals surface area contributed by atoms with Gasteiger partial charge in [0, 0.05) is 6.08 Å². The topological polar surface area (TPSA) is 23.8 Å². The van der Waals surface area contributed by atoms with Crippen LogP contribution in [0, 0.1) is 35.0 Å². The quantitative estimate of drug-likeness (QED) is 0.374. The second-order valence-corrected chi connectivity index (χ2v) is 7.84. The predicted octanol–water partition coefficient (Wildman–Crippen LogP) is 6.82. The molecule has 0 aromatic carbocycles. The molecule has 128 valence electrons. The van der Waals surface area contributed by atoms with E-state index in [1.165, 1.54) is 83.1 Å². The van der Waals surface area contributed by atoms with Crippen molar-refractivity contribution in [2.45, 2.75) is 84.0 Å². The SMILES string of the molecule is CCC[C@H]1CC[C@H](C2CCC(CCC=CC=CC#N)CC2)CC1. The summed E-state index contributed by atoms with van der Waals surface area (Å²) in [4.78, 5) is 0. The van der Waals surface area contributed by atoms with Gasteiger partial charge in [-0.1, -0.05) is 63.7 Å². The zero-order valence-electron chi connectivity index (χ0n) is 15.1. The molecule has 0 spiro atoms. The first kappa shape index (κ1) is 18.3. The van der Waals surface area contributed by atoms with Crippen LogP contribution in [-0.2, 0) is 0 Å². The summed E-state index contributed by atoms with van der Waals surface area (Å²) in [6, 6.07) is 2.02. The van der Waals surface area contributed by atoms with Crippen molar-refractivity contribution in [1.82, 2.24) is 0 Å². The van der Waals surface area contributed by atoms with Gasteiger partial charge in [-0.2, -0.15) is 5.26 Å². The fourth-order valence-corrected chi connectivity index (χ4v) is 4.91. The summed E-state index contributed by atoms with van der Waals surface area (Å²) < 4.78 is 0. The summed E-state index contributed by atoms with van der Waals surface area (Å²) in [7, 11) is 0. The fourth-order valence-electron chi connectivity index (χ4n) is 4.91. The maximum absolute atomic E-state index is 8.43. The highest BCUT2D eigenvalue weighted by atomic mass is 14.4. The third-order valence-electron chi connectivity index (χ3n) is 6.31. The molecule has 0 N–H and O–H groups in total. The minimum atomic E-state index is 0.951. The van der Waals surface area contributed by atoms with E-state index in [-0.39, 0.29) is 0 Å². The van der Waals surface area contributed by atoms with E-state index in [4.69, 9.17) is 5.26 Å². The number of hydrogen-bond donors (Lipinski definition) is 0. The highest BCUT2D eigenvalue weighted by Gasteiger charge is 2.30. The zero-order valence-corrected chi connectivity index (χ0v) is 15.1. The van der Waals surface area contributed by atoms with E-state index in [0.717, 1.165) is 23.7 Å². The molecule has 1 nitrogen and oxygen atoms in total. The molecule has 0 amide bonds. The van der Waals surface area contributed by atoms with Crippen molar-refractivity contribution < 1.29 is 0 Å². The maximum atomic E-state index is 8.43. The fraction of sp³-hybridized carbons (Fsp3) is 0.773. The Kier molecular flexibility index (Phi) is 8.51. The molecule has 0 unspecified atom stereocenters. The molecular formula is C22H35N. The zero-order chi connectivity index (χ0) is 16.3. The first-order valence-electron chi connectivity index (χ1n) is 10.0. The first-order chi connectivity index (χ1) is 11.3. The Morgan fingerprint density at radius 2 is 1.39 bits per heavy atom. The Labute approximate surface area is 143 Å². The van der Waals surface area contributed by atoms with Gasteiger partial charge in [0.05, 0.1) is 6.07 Å². The first-order valence-corrected chi connectivity index (χ1v) is 10.0. The van der Waals surface area contributed by atoms with Crippen molar-refractivity contribution in [3.05, 3.63) is 24.3 Å². The number of nitrogens with zero attached hydrogens (tertiary/aromatic N) is 1. The molecule has 0 radical (unpaired) electrons. The summed E-state index contributed by atoms with van der Waals surface area (Å²) in [5, 5.41) is 8.43. The lowest BCUT2D eigenvalue weighted by atomic mass is 9.68. The molecule has 0 atom stereocenters. The van der Waals surface area contributed by atoms with Crippen LogP contribution in [0.3, 0.4) is 0 Å². The van der Waals surface area contributed by atoms with Gasteiger partial charge < -0.3 is 0 Å². The van der Waals surface area contributed by atoms with Gasteiger partial charge in [0.1, 0.15) is 0 Å². The molecule has 0 saturated heterocycles. The molecule has 0 bridgehead atoms. The number of allylic oxidation sites excluding steroid dienone is 4. The molecule has 2 fully saturated rings. The average Bonchev–Trinajstić information content (AvgIpc) is 2.60. The van der Waals surface area contributed by atoms with Crippen molar-refractivity contribution in [1.29, 1.82) is 5.26 Å². The van der Waals surface area contributed by atoms with Gasteiger partial charge in [0.25, 0.3) is 0 Å². The van der Waals surface area contributed by atoms with Crippen LogP contribution < -0.4 is 0 Å². The monoisotopic (exact) mass is 313 g/mol. The van der Waals surface area contributed by atoms with Gasteiger partial charge >= 0.3 is 0 Å². The van der Waals surface area contributed by atoms with Gasteiger partial charge in [0.2, 0.25) is 0 Å². The second-order valence-electron chi connectivity index (χ2n) is 7.84. The standard InChI is InChI=1S/C22H35N/c1-2-8-19-10-14-21(15-11-19)22-16-12-20(13-17-22)9-6-4-3-5-7-18-23/h3-5,7,19-22H,2,6,8-17H2,1H3/t19-,20?,21-,22?.